The molecule has 1 N–H and O–H groups in total. The molecule has 1 unspecified atom stereocenters. The van der Waals surface area contributed by atoms with Crippen LogP contribution in [0.4, 0.5) is 26.3 Å². The standard InChI is InChI=1S/C25H29F6N3O2/c1-32(8-7-18-15-20(24(26,27)28)17-21(16-18)25(29,30)31)23(36)22(19-5-3-2-4-6-19)34-11-9-33(10-12-34)13-14-35/h2-6,15-17,22,35H,7-14H2,1H3. The Bertz CT molecular complexity index is 973. The molecule has 0 aromatic heterocycles. The summed E-state index contributed by atoms with van der Waals surface area (Å²) in [5.41, 5.74) is -2.14. The third-order valence-electron chi connectivity index (χ3n) is 6.30. The minimum Gasteiger partial charge on any atom is -0.395 e. The van der Waals surface area contributed by atoms with Crippen LogP contribution in [0.3, 0.4) is 0 Å². The molecule has 5 nitrogen and oxygen atoms in total. The maximum atomic E-state index is 13.5. The summed E-state index contributed by atoms with van der Waals surface area (Å²) in [4.78, 5) is 18.9. The van der Waals surface area contributed by atoms with Crippen molar-refractivity contribution < 1.29 is 36.2 Å². The number of hydrogen-bond acceptors (Lipinski definition) is 4. The number of hydrogen-bond donors (Lipinski definition) is 1. The van der Waals surface area contributed by atoms with E-state index < -0.39 is 29.5 Å². The Morgan fingerprint density at radius 3 is 2.00 bits per heavy atom. The first-order valence-electron chi connectivity index (χ1n) is 11.6. The first kappa shape index (κ1) is 27.9. The predicted molar refractivity (Wildman–Crippen MR) is 122 cm³/mol. The lowest BCUT2D eigenvalue weighted by atomic mass is 10.0. The van der Waals surface area contributed by atoms with E-state index >= 15 is 0 Å². The van der Waals surface area contributed by atoms with Gasteiger partial charge in [-0.2, -0.15) is 26.3 Å². The minimum atomic E-state index is -4.92. The van der Waals surface area contributed by atoms with Crippen LogP contribution >= 0.6 is 0 Å². The SMILES string of the molecule is CN(CCc1cc(C(F)(F)F)cc(C(F)(F)F)c1)C(=O)C(c1ccccc1)N1CCN(CCO)CC1. The molecule has 1 fully saturated rings. The smallest absolute Gasteiger partial charge is 0.395 e. The highest BCUT2D eigenvalue weighted by Gasteiger charge is 2.37. The van der Waals surface area contributed by atoms with Crippen LogP contribution in [0.5, 0.6) is 0 Å². The highest BCUT2D eigenvalue weighted by Crippen LogP contribution is 2.36. The molecule has 1 saturated heterocycles. The molecule has 0 radical (unpaired) electrons. The van der Waals surface area contributed by atoms with Gasteiger partial charge in [-0.1, -0.05) is 30.3 Å². The monoisotopic (exact) mass is 517 g/mol. The maximum absolute atomic E-state index is 13.5. The van der Waals surface area contributed by atoms with Gasteiger partial charge in [-0.25, -0.2) is 0 Å². The van der Waals surface area contributed by atoms with Crippen molar-refractivity contribution in [3.63, 3.8) is 0 Å². The number of likely N-dealkylation sites (N-methyl/N-ethyl adjacent to an activating group) is 1. The molecule has 36 heavy (non-hydrogen) atoms. The highest BCUT2D eigenvalue weighted by molar-refractivity contribution is 5.83. The van der Waals surface area contributed by atoms with Gasteiger partial charge < -0.3 is 10.0 Å². The summed E-state index contributed by atoms with van der Waals surface area (Å²) in [5.74, 6) is -0.292. The Hall–Kier alpha value is -2.63. The third kappa shape index (κ3) is 7.21. The van der Waals surface area contributed by atoms with Gasteiger partial charge in [-0.3, -0.25) is 14.6 Å². The molecule has 3 rings (SSSR count). The van der Waals surface area contributed by atoms with Crippen LogP contribution in [0.2, 0.25) is 0 Å². The second-order valence-electron chi connectivity index (χ2n) is 8.84. The average molecular weight is 518 g/mol. The number of aliphatic hydroxyl groups is 1. The number of β-amino-alcohol motifs (C(OH)–C–C–N with tert-alkyl or cyclic N) is 1. The van der Waals surface area contributed by atoms with Gasteiger partial charge in [-0.15, -0.1) is 0 Å². The fourth-order valence-electron chi connectivity index (χ4n) is 4.31. The number of amides is 1. The molecule has 1 atom stereocenters. The normalized spacial score (nSPS) is 16.7. The lowest BCUT2D eigenvalue weighted by Gasteiger charge is -2.39. The van der Waals surface area contributed by atoms with Gasteiger partial charge >= 0.3 is 12.4 Å². The van der Waals surface area contributed by atoms with Crippen molar-refractivity contribution in [3.8, 4) is 0 Å². The third-order valence-corrected chi connectivity index (χ3v) is 6.30. The molecule has 1 heterocycles. The van der Waals surface area contributed by atoms with Crippen molar-refractivity contribution in [1.29, 1.82) is 0 Å². The molecule has 198 valence electrons. The molecule has 2 aromatic rings. The van der Waals surface area contributed by atoms with Gasteiger partial charge in [0, 0.05) is 46.3 Å². The van der Waals surface area contributed by atoms with Crippen LogP contribution in [0.15, 0.2) is 48.5 Å². The van der Waals surface area contributed by atoms with Crippen LogP contribution in [-0.2, 0) is 23.6 Å². The van der Waals surface area contributed by atoms with Crippen molar-refractivity contribution in [2.75, 3.05) is 52.9 Å². The molecule has 0 spiro atoms. The van der Waals surface area contributed by atoms with Crippen molar-refractivity contribution in [1.82, 2.24) is 14.7 Å². The summed E-state index contributed by atoms with van der Waals surface area (Å²) in [5, 5.41) is 9.17. The minimum absolute atomic E-state index is 0.0371. The molecule has 1 aliphatic heterocycles. The molecule has 0 aliphatic carbocycles. The van der Waals surface area contributed by atoms with Gasteiger partial charge in [0.05, 0.1) is 17.7 Å². The van der Waals surface area contributed by atoms with E-state index in [0.29, 0.717) is 44.9 Å². The van der Waals surface area contributed by atoms with Gasteiger partial charge in [0.15, 0.2) is 0 Å². The Morgan fingerprint density at radius 1 is 0.944 bits per heavy atom. The van der Waals surface area contributed by atoms with E-state index in [1.54, 1.807) is 12.1 Å². The number of halogens is 6. The van der Waals surface area contributed by atoms with Crippen molar-refractivity contribution >= 4 is 5.91 Å². The summed E-state index contributed by atoms with van der Waals surface area (Å²) in [7, 11) is 1.50. The number of aliphatic hydroxyl groups excluding tert-OH is 1. The van der Waals surface area contributed by atoms with Gasteiger partial charge in [-0.05, 0) is 35.7 Å². The molecule has 11 heteroatoms. The van der Waals surface area contributed by atoms with Crippen LogP contribution < -0.4 is 0 Å². The molecule has 0 bridgehead atoms. The second kappa shape index (κ2) is 11.6. The lowest BCUT2D eigenvalue weighted by molar-refractivity contribution is -0.143. The number of nitrogens with zero attached hydrogens (tertiary/aromatic N) is 3. The fraction of sp³-hybridized carbons (Fsp3) is 0.480. The van der Waals surface area contributed by atoms with Crippen molar-refractivity contribution in [2.45, 2.75) is 24.8 Å². The Labute approximate surface area is 205 Å². The Kier molecular flexibility index (Phi) is 9.02. The molecular weight excluding hydrogens is 488 g/mol. The number of carbonyl (C=O) groups is 1. The van der Waals surface area contributed by atoms with Gasteiger partial charge in [0.25, 0.3) is 0 Å². The molecule has 1 aliphatic rings. The van der Waals surface area contributed by atoms with E-state index in [2.05, 4.69) is 4.90 Å². The first-order chi connectivity index (χ1) is 16.9. The van der Waals surface area contributed by atoms with E-state index in [1.807, 2.05) is 23.1 Å². The predicted octanol–water partition coefficient (Wildman–Crippen LogP) is 4.08. The fourth-order valence-corrected chi connectivity index (χ4v) is 4.31. The highest BCUT2D eigenvalue weighted by atomic mass is 19.4. The van der Waals surface area contributed by atoms with E-state index in [9.17, 15) is 31.1 Å². The van der Waals surface area contributed by atoms with Gasteiger partial charge in [0.1, 0.15) is 6.04 Å². The van der Waals surface area contributed by atoms with Crippen molar-refractivity contribution in [3.05, 3.63) is 70.8 Å². The van der Waals surface area contributed by atoms with E-state index in [-0.39, 0.29) is 37.1 Å². The molecule has 0 saturated carbocycles. The number of alkyl halides is 6. The van der Waals surface area contributed by atoms with Crippen LogP contribution in [-0.4, -0.2) is 78.6 Å². The van der Waals surface area contributed by atoms with E-state index in [4.69, 9.17) is 5.11 Å². The molecular formula is C25H29F6N3O2. The maximum Gasteiger partial charge on any atom is 0.416 e. The Balaban J connectivity index is 1.77. The lowest BCUT2D eigenvalue weighted by Crippen LogP contribution is -2.51. The average Bonchev–Trinajstić information content (AvgIpc) is 2.83. The number of rotatable bonds is 8. The van der Waals surface area contributed by atoms with E-state index in [0.717, 1.165) is 5.56 Å². The van der Waals surface area contributed by atoms with Crippen LogP contribution in [0.25, 0.3) is 0 Å². The molecule has 1 amide bonds. The number of benzene rings is 2. The second-order valence-corrected chi connectivity index (χ2v) is 8.84. The quantitative estimate of drug-likeness (QED) is 0.537. The zero-order valence-electron chi connectivity index (χ0n) is 19.8. The Morgan fingerprint density at radius 2 is 1.50 bits per heavy atom. The number of carbonyl (C=O) groups excluding carboxylic acids is 1. The summed E-state index contributed by atoms with van der Waals surface area (Å²) in [6, 6.07) is 9.92. The summed E-state index contributed by atoms with van der Waals surface area (Å²) >= 11 is 0. The zero-order chi connectivity index (χ0) is 26.5. The zero-order valence-corrected chi connectivity index (χ0v) is 19.8. The summed E-state index contributed by atoms with van der Waals surface area (Å²) in [6.07, 6.45) is -10.0. The topological polar surface area (TPSA) is 47.0 Å². The van der Waals surface area contributed by atoms with Gasteiger partial charge in [0.2, 0.25) is 5.91 Å². The van der Waals surface area contributed by atoms with Crippen molar-refractivity contribution in [2.24, 2.45) is 0 Å². The largest absolute Gasteiger partial charge is 0.416 e. The van der Waals surface area contributed by atoms with Crippen LogP contribution in [0, 0.1) is 0 Å². The molecule has 2 aromatic carbocycles. The number of piperazine rings is 1. The summed E-state index contributed by atoms with van der Waals surface area (Å²) < 4.78 is 79.1. The van der Waals surface area contributed by atoms with Crippen LogP contribution in [0.1, 0.15) is 28.3 Å². The first-order valence-corrected chi connectivity index (χ1v) is 11.6. The summed E-state index contributed by atoms with van der Waals surface area (Å²) in [6.45, 7) is 2.98. The van der Waals surface area contributed by atoms with E-state index in [1.165, 1.54) is 11.9 Å².